The lowest BCUT2D eigenvalue weighted by atomic mass is 9.86. The Morgan fingerprint density at radius 1 is 0.680 bits per heavy atom. The lowest BCUT2D eigenvalue weighted by Crippen LogP contribution is -2.29. The zero-order valence-corrected chi connectivity index (χ0v) is 13.1. The average Bonchev–Trinajstić information content (AvgIpc) is 2.53. The molecule has 8 heteroatoms. The zero-order chi connectivity index (χ0) is 18.7. The minimum Gasteiger partial charge on any atom is -0.366 e. The van der Waals surface area contributed by atoms with Crippen LogP contribution in [0.3, 0.4) is 0 Å². The molecule has 0 unspecified atom stereocenters. The lowest BCUT2D eigenvalue weighted by molar-refractivity contribution is 0.0955. The minimum atomic E-state index is -0.985. The molecule has 0 radical (unpaired) electrons. The number of carbonyl (C=O) groups is 4. The molecule has 0 heterocycles. The van der Waals surface area contributed by atoms with Crippen molar-refractivity contribution >= 4 is 23.6 Å². The fraction of sp³-hybridized carbons (Fsp3) is 0.0588. The van der Waals surface area contributed by atoms with Gasteiger partial charge in [-0.15, -0.1) is 0 Å². The van der Waals surface area contributed by atoms with Crippen molar-refractivity contribution in [1.29, 1.82) is 0 Å². The summed E-state index contributed by atoms with van der Waals surface area (Å²) in [5.74, 6) is -3.92. The van der Waals surface area contributed by atoms with Crippen LogP contribution >= 0.6 is 0 Å². The number of benzene rings is 2. The van der Waals surface area contributed by atoms with Crippen molar-refractivity contribution in [3.63, 3.8) is 0 Å². The van der Waals surface area contributed by atoms with Gasteiger partial charge in [0.2, 0.25) is 23.6 Å². The molecule has 0 bridgehead atoms. The molecule has 0 atom stereocenters. The van der Waals surface area contributed by atoms with Gasteiger partial charge < -0.3 is 22.9 Å². The predicted molar refractivity (Wildman–Crippen MR) is 89.8 cm³/mol. The van der Waals surface area contributed by atoms with Gasteiger partial charge in [-0.1, -0.05) is 30.3 Å². The van der Waals surface area contributed by atoms with E-state index in [1.54, 1.807) is 30.3 Å². The van der Waals surface area contributed by atoms with E-state index in [9.17, 15) is 19.2 Å². The van der Waals surface area contributed by atoms with E-state index in [2.05, 4.69) is 0 Å². The van der Waals surface area contributed by atoms with Crippen LogP contribution < -0.4 is 22.9 Å². The number of primary amides is 4. The molecular formula is C17H16N4O4. The molecule has 8 N–H and O–H groups in total. The molecule has 0 aliphatic carbocycles. The van der Waals surface area contributed by atoms with E-state index < -0.39 is 23.6 Å². The average molecular weight is 340 g/mol. The monoisotopic (exact) mass is 340 g/mol. The minimum absolute atomic E-state index is 0.0266. The standard InChI is InChI=1S/C17H16N4O4/c18-14(22)10-7-11(15(19)23)13(17(21)25)9(12(10)16(20)24)6-8-4-2-1-3-5-8/h1-5,7H,6H2,(H2,18,22)(H2,19,23)(H2,20,24)(H2,21,25). The normalized spacial score (nSPS) is 10.2. The molecule has 0 saturated heterocycles. The number of hydrogen-bond acceptors (Lipinski definition) is 4. The predicted octanol–water partition coefficient (Wildman–Crippen LogP) is -0.327. The first-order valence-electron chi connectivity index (χ1n) is 7.17. The highest BCUT2D eigenvalue weighted by molar-refractivity contribution is 6.14. The van der Waals surface area contributed by atoms with Crippen molar-refractivity contribution < 1.29 is 19.2 Å². The van der Waals surface area contributed by atoms with Crippen LogP contribution in [-0.2, 0) is 6.42 Å². The van der Waals surface area contributed by atoms with E-state index >= 15 is 0 Å². The highest BCUT2D eigenvalue weighted by atomic mass is 16.2. The highest BCUT2D eigenvalue weighted by Crippen LogP contribution is 2.26. The molecule has 0 spiro atoms. The molecule has 0 saturated carbocycles. The summed E-state index contributed by atoms with van der Waals surface area (Å²) in [5, 5.41) is 0. The Labute approximate surface area is 142 Å². The number of carbonyl (C=O) groups excluding carboxylic acids is 4. The molecule has 0 fully saturated rings. The van der Waals surface area contributed by atoms with Crippen LogP contribution in [0.15, 0.2) is 36.4 Å². The highest BCUT2D eigenvalue weighted by Gasteiger charge is 2.28. The summed E-state index contributed by atoms with van der Waals surface area (Å²) < 4.78 is 0. The Bertz CT molecular complexity index is 841. The lowest BCUT2D eigenvalue weighted by Gasteiger charge is -2.17. The molecule has 128 valence electrons. The van der Waals surface area contributed by atoms with Crippen LogP contribution in [0.25, 0.3) is 0 Å². The Balaban J connectivity index is 2.91. The SMILES string of the molecule is NC(=O)c1cc(C(N)=O)c(C(N)=O)c(Cc2ccccc2)c1C(N)=O. The first kappa shape index (κ1) is 17.7. The van der Waals surface area contributed by atoms with Crippen molar-refractivity contribution in [1.82, 2.24) is 0 Å². The fourth-order valence-electron chi connectivity index (χ4n) is 2.67. The van der Waals surface area contributed by atoms with Gasteiger partial charge in [0.05, 0.1) is 22.3 Å². The first-order chi connectivity index (χ1) is 11.7. The smallest absolute Gasteiger partial charge is 0.249 e. The Morgan fingerprint density at radius 3 is 1.48 bits per heavy atom. The summed E-state index contributed by atoms with van der Waals surface area (Å²) in [6.07, 6.45) is 0.0266. The molecule has 8 nitrogen and oxygen atoms in total. The summed E-state index contributed by atoms with van der Waals surface area (Å²) in [7, 11) is 0. The second kappa shape index (κ2) is 6.83. The summed E-state index contributed by atoms with van der Waals surface area (Å²) in [6.45, 7) is 0. The molecule has 0 aromatic heterocycles. The van der Waals surface area contributed by atoms with Gasteiger partial charge in [0.25, 0.3) is 0 Å². The van der Waals surface area contributed by atoms with Crippen LogP contribution in [0.5, 0.6) is 0 Å². The maximum Gasteiger partial charge on any atom is 0.249 e. The fourth-order valence-corrected chi connectivity index (χ4v) is 2.67. The topological polar surface area (TPSA) is 172 Å². The number of amides is 4. The summed E-state index contributed by atoms with van der Waals surface area (Å²) >= 11 is 0. The van der Waals surface area contributed by atoms with Crippen LogP contribution in [0, 0.1) is 0 Å². The molecule has 4 amide bonds. The number of nitrogens with two attached hydrogens (primary N) is 4. The van der Waals surface area contributed by atoms with Gasteiger partial charge >= 0.3 is 0 Å². The molecular weight excluding hydrogens is 324 g/mol. The molecule has 25 heavy (non-hydrogen) atoms. The van der Waals surface area contributed by atoms with E-state index in [0.29, 0.717) is 5.56 Å². The van der Waals surface area contributed by atoms with Gasteiger partial charge in [-0.05, 0) is 23.6 Å². The summed E-state index contributed by atoms with van der Waals surface area (Å²) in [4.78, 5) is 47.3. The van der Waals surface area contributed by atoms with Crippen molar-refractivity contribution in [2.45, 2.75) is 6.42 Å². The Morgan fingerprint density at radius 2 is 1.12 bits per heavy atom. The van der Waals surface area contributed by atoms with Gasteiger partial charge in [-0.3, -0.25) is 19.2 Å². The first-order valence-corrected chi connectivity index (χ1v) is 7.17. The molecule has 2 aromatic carbocycles. The van der Waals surface area contributed by atoms with Crippen LogP contribution in [-0.4, -0.2) is 23.6 Å². The third kappa shape index (κ3) is 3.47. The second-order valence-corrected chi connectivity index (χ2v) is 5.32. The zero-order valence-electron chi connectivity index (χ0n) is 13.1. The van der Waals surface area contributed by atoms with Crippen molar-refractivity contribution in [3.8, 4) is 0 Å². The van der Waals surface area contributed by atoms with Gasteiger partial charge in [0, 0.05) is 0 Å². The summed E-state index contributed by atoms with van der Waals surface area (Å²) in [6, 6.07) is 9.71. The van der Waals surface area contributed by atoms with E-state index in [-0.39, 0.29) is 34.2 Å². The van der Waals surface area contributed by atoms with Crippen LogP contribution in [0.4, 0.5) is 0 Å². The maximum absolute atomic E-state index is 11.9. The van der Waals surface area contributed by atoms with Gasteiger partial charge in [-0.2, -0.15) is 0 Å². The van der Waals surface area contributed by atoms with Gasteiger partial charge in [0.15, 0.2) is 0 Å². The van der Waals surface area contributed by atoms with Crippen LogP contribution in [0.2, 0.25) is 0 Å². The maximum atomic E-state index is 11.9. The third-order valence-corrected chi connectivity index (χ3v) is 3.68. The van der Waals surface area contributed by atoms with Gasteiger partial charge in [0.1, 0.15) is 0 Å². The molecule has 0 aliphatic heterocycles. The van der Waals surface area contributed by atoms with Crippen LogP contribution in [0.1, 0.15) is 52.6 Å². The Kier molecular flexibility index (Phi) is 4.83. The largest absolute Gasteiger partial charge is 0.366 e. The number of rotatable bonds is 6. The number of hydrogen-bond donors (Lipinski definition) is 4. The van der Waals surface area contributed by atoms with Crippen molar-refractivity contribution in [3.05, 3.63) is 69.8 Å². The summed E-state index contributed by atoms with van der Waals surface area (Å²) in [5.41, 5.74) is 21.0. The second-order valence-electron chi connectivity index (χ2n) is 5.32. The van der Waals surface area contributed by atoms with E-state index in [1.165, 1.54) is 0 Å². The quantitative estimate of drug-likeness (QED) is 0.564. The van der Waals surface area contributed by atoms with E-state index in [0.717, 1.165) is 6.07 Å². The molecule has 2 rings (SSSR count). The van der Waals surface area contributed by atoms with E-state index in [1.807, 2.05) is 0 Å². The van der Waals surface area contributed by atoms with E-state index in [4.69, 9.17) is 22.9 Å². The van der Waals surface area contributed by atoms with Crippen molar-refractivity contribution in [2.75, 3.05) is 0 Å². The van der Waals surface area contributed by atoms with Gasteiger partial charge in [-0.25, -0.2) is 0 Å². The Hall–Kier alpha value is -3.68. The third-order valence-electron chi connectivity index (χ3n) is 3.68. The molecule has 0 aliphatic rings. The molecule has 2 aromatic rings. The van der Waals surface area contributed by atoms with Crippen molar-refractivity contribution in [2.24, 2.45) is 22.9 Å².